The average Bonchev–Trinajstić information content (AvgIpc) is 2.24. The van der Waals surface area contributed by atoms with Crippen molar-refractivity contribution in [2.75, 3.05) is 40.5 Å². The molecule has 0 radical (unpaired) electrons. The molecule has 0 aliphatic heterocycles. The predicted molar refractivity (Wildman–Crippen MR) is 55.8 cm³/mol. The summed E-state index contributed by atoms with van der Waals surface area (Å²) >= 11 is 0. The van der Waals surface area contributed by atoms with E-state index in [0.29, 0.717) is 0 Å². The summed E-state index contributed by atoms with van der Waals surface area (Å²) in [6.07, 6.45) is -0.832. The third-order valence-corrected chi connectivity index (χ3v) is 1.62. The summed E-state index contributed by atoms with van der Waals surface area (Å²) in [6, 6.07) is 0. The number of rotatable bonds is 8. The van der Waals surface area contributed by atoms with Crippen LogP contribution >= 0.6 is 0 Å². The molecule has 0 atom stereocenters. The molecule has 0 unspecified atom stereocenters. The highest BCUT2D eigenvalue weighted by Gasteiger charge is 2.08. The summed E-state index contributed by atoms with van der Waals surface area (Å²) in [5.41, 5.74) is 0. The largest absolute Gasteiger partial charge is 0.389 e. The molecule has 0 aromatic rings. The second kappa shape index (κ2) is 9.08. The molecule has 0 rings (SSSR count). The molecule has 16 heavy (non-hydrogen) atoms. The Kier molecular flexibility index (Phi) is 8.41. The SMILES string of the molecule is COCC(=O)NCC(O)CNC(=O)COC. The van der Waals surface area contributed by atoms with Gasteiger partial charge in [-0.3, -0.25) is 9.59 Å². The average molecular weight is 234 g/mol. The molecular formula is C9H18N2O5. The molecule has 7 heteroatoms. The molecule has 0 aliphatic carbocycles. The molecule has 3 N–H and O–H groups in total. The number of nitrogens with one attached hydrogen (secondary N) is 2. The Morgan fingerprint density at radius 3 is 1.75 bits per heavy atom. The lowest BCUT2D eigenvalue weighted by molar-refractivity contribution is -0.125. The summed E-state index contributed by atoms with van der Waals surface area (Å²) in [5.74, 6) is -0.630. The minimum atomic E-state index is -0.832. The van der Waals surface area contributed by atoms with Crippen LogP contribution in [0.25, 0.3) is 0 Å². The van der Waals surface area contributed by atoms with Gasteiger partial charge in [0.15, 0.2) is 0 Å². The Balaban J connectivity index is 3.54. The van der Waals surface area contributed by atoms with Gasteiger partial charge in [0.2, 0.25) is 11.8 Å². The molecule has 94 valence electrons. The predicted octanol–water partition coefficient (Wildman–Crippen LogP) is -2.13. The van der Waals surface area contributed by atoms with Crippen molar-refractivity contribution in [1.82, 2.24) is 10.6 Å². The summed E-state index contributed by atoms with van der Waals surface area (Å²) in [4.78, 5) is 21.9. The summed E-state index contributed by atoms with van der Waals surface area (Å²) in [6.45, 7) is 0.0242. The fourth-order valence-electron chi connectivity index (χ4n) is 0.900. The van der Waals surface area contributed by atoms with Crippen molar-refractivity contribution in [2.45, 2.75) is 6.10 Å². The Hall–Kier alpha value is -1.18. The smallest absolute Gasteiger partial charge is 0.246 e. The molecule has 0 bridgehead atoms. The molecule has 7 nitrogen and oxygen atoms in total. The van der Waals surface area contributed by atoms with E-state index in [0.717, 1.165) is 0 Å². The number of hydrogen-bond donors (Lipinski definition) is 3. The molecule has 0 spiro atoms. The van der Waals surface area contributed by atoms with E-state index >= 15 is 0 Å². The van der Waals surface area contributed by atoms with E-state index in [4.69, 9.17) is 0 Å². The maximum Gasteiger partial charge on any atom is 0.246 e. The van der Waals surface area contributed by atoms with E-state index in [1.54, 1.807) is 0 Å². The lowest BCUT2D eigenvalue weighted by Crippen LogP contribution is -2.41. The van der Waals surface area contributed by atoms with Crippen LogP contribution in [-0.4, -0.2) is 63.5 Å². The summed E-state index contributed by atoms with van der Waals surface area (Å²) in [5, 5.41) is 14.3. The fourth-order valence-corrected chi connectivity index (χ4v) is 0.900. The first-order valence-electron chi connectivity index (χ1n) is 4.79. The van der Waals surface area contributed by atoms with Gasteiger partial charge in [0.05, 0.1) is 6.10 Å². The van der Waals surface area contributed by atoms with E-state index < -0.39 is 6.10 Å². The van der Waals surface area contributed by atoms with Crippen LogP contribution in [0.4, 0.5) is 0 Å². The van der Waals surface area contributed by atoms with Crippen molar-refractivity contribution in [3.63, 3.8) is 0 Å². The molecule has 0 heterocycles. The topological polar surface area (TPSA) is 96.9 Å². The van der Waals surface area contributed by atoms with Crippen LogP contribution in [0.5, 0.6) is 0 Å². The highest BCUT2D eigenvalue weighted by molar-refractivity contribution is 5.77. The van der Waals surface area contributed by atoms with Crippen molar-refractivity contribution in [3.05, 3.63) is 0 Å². The lowest BCUT2D eigenvalue weighted by Gasteiger charge is -2.12. The number of hydrogen-bond acceptors (Lipinski definition) is 5. The fraction of sp³-hybridized carbons (Fsp3) is 0.778. The first-order chi connectivity index (χ1) is 7.60. The van der Waals surface area contributed by atoms with Gasteiger partial charge < -0.3 is 25.2 Å². The normalized spacial score (nSPS) is 10.2. The summed E-state index contributed by atoms with van der Waals surface area (Å²) in [7, 11) is 2.81. The summed E-state index contributed by atoms with van der Waals surface area (Å²) < 4.78 is 9.17. The molecule has 0 saturated carbocycles. The highest BCUT2D eigenvalue weighted by atomic mass is 16.5. The molecule has 0 fully saturated rings. The monoisotopic (exact) mass is 234 g/mol. The quantitative estimate of drug-likeness (QED) is 0.446. The van der Waals surface area contributed by atoms with Crippen LogP contribution < -0.4 is 10.6 Å². The zero-order chi connectivity index (χ0) is 12.4. The van der Waals surface area contributed by atoms with Crippen LogP contribution in [0.2, 0.25) is 0 Å². The molecule has 0 aliphatic rings. The van der Waals surface area contributed by atoms with Crippen LogP contribution in [0.3, 0.4) is 0 Å². The Bertz CT molecular complexity index is 200. The van der Waals surface area contributed by atoms with Gasteiger partial charge in [-0.25, -0.2) is 0 Å². The zero-order valence-corrected chi connectivity index (χ0v) is 9.49. The number of ether oxygens (including phenoxy) is 2. The first-order valence-corrected chi connectivity index (χ1v) is 4.79. The van der Waals surface area contributed by atoms with Crippen LogP contribution in [0.1, 0.15) is 0 Å². The number of amides is 2. The van der Waals surface area contributed by atoms with Gasteiger partial charge in [-0.2, -0.15) is 0 Å². The molecule has 2 amide bonds. The van der Waals surface area contributed by atoms with Gasteiger partial charge in [0.1, 0.15) is 13.2 Å². The number of aliphatic hydroxyl groups excluding tert-OH is 1. The highest BCUT2D eigenvalue weighted by Crippen LogP contribution is 1.80. The third kappa shape index (κ3) is 8.16. The van der Waals surface area contributed by atoms with Gasteiger partial charge >= 0.3 is 0 Å². The lowest BCUT2D eigenvalue weighted by atomic mass is 10.3. The molecule has 0 saturated heterocycles. The van der Waals surface area contributed by atoms with Gasteiger partial charge in [0.25, 0.3) is 0 Å². The Labute approximate surface area is 94.1 Å². The Morgan fingerprint density at radius 1 is 1.06 bits per heavy atom. The van der Waals surface area contributed by atoms with E-state index in [1.165, 1.54) is 14.2 Å². The zero-order valence-electron chi connectivity index (χ0n) is 9.49. The van der Waals surface area contributed by atoms with Crippen LogP contribution in [0.15, 0.2) is 0 Å². The van der Waals surface area contributed by atoms with Gasteiger partial charge in [-0.1, -0.05) is 0 Å². The number of carbonyl (C=O) groups is 2. The molecule has 0 aromatic carbocycles. The second-order valence-corrected chi connectivity index (χ2v) is 3.13. The third-order valence-electron chi connectivity index (χ3n) is 1.62. The second-order valence-electron chi connectivity index (χ2n) is 3.13. The van der Waals surface area contributed by atoms with Crippen molar-refractivity contribution in [2.24, 2.45) is 0 Å². The van der Waals surface area contributed by atoms with E-state index in [-0.39, 0.29) is 38.1 Å². The maximum atomic E-state index is 10.9. The van der Waals surface area contributed by atoms with E-state index in [9.17, 15) is 14.7 Å². The first kappa shape index (κ1) is 14.8. The van der Waals surface area contributed by atoms with E-state index in [1.807, 2.05) is 0 Å². The number of carbonyl (C=O) groups excluding carboxylic acids is 2. The molecular weight excluding hydrogens is 216 g/mol. The number of aliphatic hydroxyl groups is 1. The number of methoxy groups -OCH3 is 2. The minimum absolute atomic E-state index is 0.0528. The Morgan fingerprint density at radius 2 is 1.44 bits per heavy atom. The van der Waals surface area contributed by atoms with Crippen molar-refractivity contribution in [3.8, 4) is 0 Å². The van der Waals surface area contributed by atoms with Crippen LogP contribution in [-0.2, 0) is 19.1 Å². The maximum absolute atomic E-state index is 10.9. The van der Waals surface area contributed by atoms with Crippen molar-refractivity contribution < 1.29 is 24.2 Å². The van der Waals surface area contributed by atoms with E-state index in [2.05, 4.69) is 20.1 Å². The molecule has 0 aromatic heterocycles. The van der Waals surface area contributed by atoms with Crippen molar-refractivity contribution >= 4 is 11.8 Å². The van der Waals surface area contributed by atoms with Gasteiger partial charge in [0, 0.05) is 27.3 Å². The minimum Gasteiger partial charge on any atom is -0.389 e. The van der Waals surface area contributed by atoms with Crippen molar-refractivity contribution in [1.29, 1.82) is 0 Å². The van der Waals surface area contributed by atoms with Gasteiger partial charge in [-0.15, -0.1) is 0 Å². The standard InChI is InChI=1S/C9H18N2O5/c1-15-5-8(13)10-3-7(12)4-11-9(14)6-16-2/h7,12H,3-6H2,1-2H3,(H,10,13)(H,11,14). The van der Waals surface area contributed by atoms with Gasteiger partial charge in [-0.05, 0) is 0 Å². The van der Waals surface area contributed by atoms with Crippen LogP contribution in [0, 0.1) is 0 Å².